The Labute approximate surface area is 367 Å². The molecule has 2 heteroatoms. The van der Waals surface area contributed by atoms with Crippen LogP contribution in [0.25, 0.3) is 33.4 Å². The molecule has 62 heavy (non-hydrogen) atoms. The summed E-state index contributed by atoms with van der Waals surface area (Å²) in [7, 11) is 0. The van der Waals surface area contributed by atoms with Crippen molar-refractivity contribution in [3.8, 4) is 44.9 Å². The molecule has 304 valence electrons. The van der Waals surface area contributed by atoms with Gasteiger partial charge in [0.05, 0.1) is 5.41 Å². The van der Waals surface area contributed by atoms with Crippen molar-refractivity contribution in [2.24, 2.45) is 0 Å². The van der Waals surface area contributed by atoms with E-state index in [1.165, 1.54) is 77.9 Å². The van der Waals surface area contributed by atoms with Crippen LogP contribution < -0.4 is 9.64 Å². The predicted molar refractivity (Wildman–Crippen MR) is 259 cm³/mol. The lowest BCUT2D eigenvalue weighted by Crippen LogP contribution is -2.33. The number of hydrogen-bond acceptors (Lipinski definition) is 2. The van der Waals surface area contributed by atoms with E-state index >= 15 is 0 Å². The Kier molecular flexibility index (Phi) is 8.29. The molecule has 0 bridgehead atoms. The molecule has 0 N–H and O–H groups in total. The first-order valence-electron chi connectivity index (χ1n) is 22.2. The number of para-hydroxylation sites is 1. The third kappa shape index (κ3) is 5.62. The van der Waals surface area contributed by atoms with Crippen LogP contribution in [0.4, 0.5) is 17.1 Å². The number of anilines is 3. The molecule has 2 nitrogen and oxygen atoms in total. The number of fused-ring (bicyclic) bond motifs is 12. The van der Waals surface area contributed by atoms with Gasteiger partial charge >= 0.3 is 0 Å². The minimum absolute atomic E-state index is 0.0265. The van der Waals surface area contributed by atoms with Gasteiger partial charge in [-0.2, -0.15) is 0 Å². The summed E-state index contributed by atoms with van der Waals surface area (Å²) in [6.45, 7) is 18.6. The average molecular weight is 804 g/mol. The highest BCUT2D eigenvalue weighted by atomic mass is 16.5. The van der Waals surface area contributed by atoms with Gasteiger partial charge in [0.1, 0.15) is 11.5 Å². The molecule has 3 aliphatic rings. The molecule has 0 fully saturated rings. The van der Waals surface area contributed by atoms with Crippen molar-refractivity contribution in [3.63, 3.8) is 0 Å². The summed E-state index contributed by atoms with van der Waals surface area (Å²) in [5, 5.41) is 0. The van der Waals surface area contributed by atoms with Gasteiger partial charge in [0.25, 0.3) is 0 Å². The first-order valence-corrected chi connectivity index (χ1v) is 22.2. The van der Waals surface area contributed by atoms with Crippen molar-refractivity contribution in [2.45, 2.75) is 77.0 Å². The molecule has 0 saturated carbocycles. The van der Waals surface area contributed by atoms with Crippen LogP contribution in [0.1, 0.15) is 99.9 Å². The highest BCUT2D eigenvalue weighted by Crippen LogP contribution is 2.63. The van der Waals surface area contributed by atoms with Gasteiger partial charge in [0.2, 0.25) is 0 Å². The van der Waals surface area contributed by atoms with Gasteiger partial charge in [0.15, 0.2) is 0 Å². The summed E-state index contributed by atoms with van der Waals surface area (Å²) in [5.41, 5.74) is 20.5. The summed E-state index contributed by atoms with van der Waals surface area (Å²) in [5.74, 6) is 1.77. The summed E-state index contributed by atoms with van der Waals surface area (Å²) >= 11 is 0. The molecule has 0 amide bonds. The van der Waals surface area contributed by atoms with Crippen LogP contribution in [0.15, 0.2) is 176 Å². The van der Waals surface area contributed by atoms with E-state index in [1.54, 1.807) is 0 Å². The quantitative estimate of drug-likeness (QED) is 0.176. The average Bonchev–Trinajstić information content (AvgIpc) is 3.68. The second-order valence-electron chi connectivity index (χ2n) is 20.2. The first-order chi connectivity index (χ1) is 29.7. The van der Waals surface area contributed by atoms with Gasteiger partial charge in [-0.15, -0.1) is 0 Å². The van der Waals surface area contributed by atoms with Crippen LogP contribution >= 0.6 is 0 Å². The van der Waals surface area contributed by atoms with Gasteiger partial charge in [-0.1, -0.05) is 189 Å². The van der Waals surface area contributed by atoms with Crippen molar-refractivity contribution in [1.29, 1.82) is 0 Å². The molecule has 1 heterocycles. The molecule has 1 spiro atoms. The molecule has 0 radical (unpaired) electrons. The Morgan fingerprint density at radius 2 is 0.855 bits per heavy atom. The summed E-state index contributed by atoms with van der Waals surface area (Å²) in [6.07, 6.45) is 0. The smallest absolute Gasteiger partial charge is 0.134 e. The van der Waals surface area contributed by atoms with Gasteiger partial charge in [0, 0.05) is 39.7 Å². The molecule has 0 atom stereocenters. The zero-order valence-electron chi connectivity index (χ0n) is 37.1. The van der Waals surface area contributed by atoms with E-state index in [2.05, 4.69) is 236 Å². The summed E-state index contributed by atoms with van der Waals surface area (Å²) < 4.78 is 7.15. The minimum atomic E-state index is -0.582. The lowest BCUT2D eigenvalue weighted by Gasteiger charge is -2.40. The van der Waals surface area contributed by atoms with Gasteiger partial charge in [-0.25, -0.2) is 0 Å². The molecule has 8 aromatic carbocycles. The van der Waals surface area contributed by atoms with E-state index < -0.39 is 5.41 Å². The SMILES string of the molecule is CC(C)(C)c1ccc2c(c1)C1(c3ccccc3Oc3cc(N(c4ccc(-c5ccccc5)cc4)c4ccc5c(c4)C(C)(C)c4ccccc4-5)ccc31)c1cc(C(C)(C)C)ccc1-2. The number of ether oxygens (including phenoxy) is 1. The second kappa shape index (κ2) is 13.4. The Morgan fingerprint density at radius 3 is 1.52 bits per heavy atom. The van der Waals surface area contributed by atoms with E-state index in [1.807, 2.05) is 0 Å². The van der Waals surface area contributed by atoms with Crippen LogP contribution in [0.2, 0.25) is 0 Å². The topological polar surface area (TPSA) is 12.5 Å². The molecule has 0 unspecified atom stereocenters. The van der Waals surface area contributed by atoms with Gasteiger partial charge in [-0.05, 0) is 114 Å². The van der Waals surface area contributed by atoms with Crippen LogP contribution in [0.5, 0.6) is 11.5 Å². The van der Waals surface area contributed by atoms with Crippen LogP contribution in [-0.4, -0.2) is 0 Å². The lowest BCUT2D eigenvalue weighted by atomic mass is 9.65. The fraction of sp³-hybridized carbons (Fsp3) is 0.200. The van der Waals surface area contributed by atoms with E-state index in [4.69, 9.17) is 4.74 Å². The Bertz CT molecular complexity index is 3020. The Balaban J connectivity index is 1.15. The number of rotatable bonds is 4. The molecule has 0 aromatic heterocycles. The summed E-state index contributed by atoms with van der Waals surface area (Å²) in [6, 6.07) is 65.7. The molecular formula is C60H53NO. The van der Waals surface area contributed by atoms with Crippen molar-refractivity contribution in [3.05, 3.63) is 220 Å². The van der Waals surface area contributed by atoms with Crippen LogP contribution in [-0.2, 0) is 21.7 Å². The van der Waals surface area contributed by atoms with Crippen molar-refractivity contribution < 1.29 is 4.74 Å². The minimum Gasteiger partial charge on any atom is -0.457 e. The maximum Gasteiger partial charge on any atom is 0.134 e. The fourth-order valence-electron chi connectivity index (χ4n) is 10.7. The number of benzene rings is 8. The Morgan fingerprint density at radius 1 is 0.371 bits per heavy atom. The fourth-order valence-corrected chi connectivity index (χ4v) is 10.7. The number of nitrogens with zero attached hydrogens (tertiary/aromatic N) is 1. The standard InChI is InChI=1S/C60H53NO/c1-57(2,3)40-24-30-47-48-31-25-41(58(4,5)6)35-54(48)60(53(47)34-40)50-20-14-15-21-55(50)62-56-37-44(29-33-51(56)60)61(42-26-22-39(23-27-42)38-16-10-9-11-17-38)43-28-32-46-45-18-12-13-19-49(45)59(7,8)52(46)36-43/h9-37H,1-8H3. The number of hydrogen-bond donors (Lipinski definition) is 0. The molecule has 0 saturated heterocycles. The molecule has 2 aliphatic carbocycles. The van der Waals surface area contributed by atoms with Crippen molar-refractivity contribution >= 4 is 17.1 Å². The second-order valence-corrected chi connectivity index (χ2v) is 20.2. The van der Waals surface area contributed by atoms with E-state index in [9.17, 15) is 0 Å². The third-order valence-corrected chi connectivity index (χ3v) is 14.1. The summed E-state index contributed by atoms with van der Waals surface area (Å²) in [4.78, 5) is 2.41. The van der Waals surface area contributed by atoms with Gasteiger partial charge < -0.3 is 9.64 Å². The highest BCUT2D eigenvalue weighted by Gasteiger charge is 2.52. The zero-order valence-corrected chi connectivity index (χ0v) is 37.1. The molecule has 11 rings (SSSR count). The normalized spacial score (nSPS) is 14.8. The lowest BCUT2D eigenvalue weighted by molar-refractivity contribution is 0.436. The molecular weight excluding hydrogens is 751 g/mol. The maximum absolute atomic E-state index is 7.15. The highest BCUT2D eigenvalue weighted by molar-refractivity contribution is 5.91. The van der Waals surface area contributed by atoms with Crippen LogP contribution in [0, 0.1) is 0 Å². The monoisotopic (exact) mass is 803 g/mol. The Hall–Kier alpha value is -6.64. The predicted octanol–water partition coefficient (Wildman–Crippen LogP) is 16.2. The third-order valence-electron chi connectivity index (χ3n) is 14.1. The molecule has 8 aromatic rings. The largest absolute Gasteiger partial charge is 0.457 e. The van der Waals surface area contributed by atoms with Crippen LogP contribution in [0.3, 0.4) is 0 Å². The van der Waals surface area contributed by atoms with E-state index in [0.29, 0.717) is 0 Å². The maximum atomic E-state index is 7.15. The zero-order chi connectivity index (χ0) is 42.8. The molecule has 1 aliphatic heterocycles. The first kappa shape index (κ1) is 38.3. The van der Waals surface area contributed by atoms with Crippen molar-refractivity contribution in [2.75, 3.05) is 4.90 Å². The van der Waals surface area contributed by atoms with Crippen molar-refractivity contribution in [1.82, 2.24) is 0 Å². The van der Waals surface area contributed by atoms with E-state index in [0.717, 1.165) is 28.6 Å². The van der Waals surface area contributed by atoms with E-state index in [-0.39, 0.29) is 16.2 Å². The van der Waals surface area contributed by atoms with Gasteiger partial charge in [-0.3, -0.25) is 0 Å².